The Hall–Kier alpha value is -2.11. The molecule has 0 radical (unpaired) electrons. The number of hydrogen-bond donors (Lipinski definition) is 1. The highest BCUT2D eigenvalue weighted by Gasteiger charge is 2.32. The van der Waals surface area contributed by atoms with Crippen molar-refractivity contribution in [1.82, 2.24) is 10.2 Å². The van der Waals surface area contributed by atoms with Gasteiger partial charge < -0.3 is 15.1 Å². The molecule has 1 saturated heterocycles. The van der Waals surface area contributed by atoms with Crippen molar-refractivity contribution in [2.45, 2.75) is 39.2 Å². The molecule has 1 aromatic carbocycles. The first-order chi connectivity index (χ1) is 11.0. The van der Waals surface area contributed by atoms with Crippen LogP contribution in [0.4, 0.5) is 14.9 Å². The van der Waals surface area contributed by atoms with Crippen LogP contribution in [0.5, 0.6) is 0 Å². The lowest BCUT2D eigenvalue weighted by Crippen LogP contribution is -2.46. The molecule has 1 aromatic rings. The first-order valence-electron chi connectivity index (χ1n) is 8.16. The van der Waals surface area contributed by atoms with Crippen LogP contribution in [-0.2, 0) is 4.79 Å². The van der Waals surface area contributed by atoms with Gasteiger partial charge in [0.05, 0.1) is 6.04 Å². The third-order valence-electron chi connectivity index (χ3n) is 3.85. The Bertz CT molecular complexity index is 559. The number of urea groups is 1. The molecule has 1 atom stereocenters. The van der Waals surface area contributed by atoms with Crippen molar-refractivity contribution in [3.05, 3.63) is 30.1 Å². The standard InChI is InChI=1S/C17H24FN3O2/c1-3-8-20(9-4-2)17(23)19-14-11-16(22)21(12-14)15-7-5-6-13(18)10-15/h5-7,10,14H,3-4,8-9,11-12H2,1-2H3,(H,19,23)/t14-/m0/s1. The maximum Gasteiger partial charge on any atom is 0.317 e. The Labute approximate surface area is 136 Å². The minimum absolute atomic E-state index is 0.0987. The number of carbonyl (C=O) groups excluding carboxylic acids is 2. The summed E-state index contributed by atoms with van der Waals surface area (Å²) in [7, 11) is 0. The molecule has 1 heterocycles. The normalized spacial score (nSPS) is 17.4. The molecule has 0 saturated carbocycles. The summed E-state index contributed by atoms with van der Waals surface area (Å²) in [6.45, 7) is 5.84. The molecule has 0 aliphatic carbocycles. The maximum absolute atomic E-state index is 13.3. The number of amides is 3. The molecule has 1 N–H and O–H groups in total. The smallest absolute Gasteiger partial charge is 0.317 e. The number of rotatable bonds is 6. The molecule has 1 fully saturated rings. The molecular weight excluding hydrogens is 297 g/mol. The zero-order valence-electron chi connectivity index (χ0n) is 13.7. The van der Waals surface area contributed by atoms with Crippen LogP contribution in [0.25, 0.3) is 0 Å². The quantitative estimate of drug-likeness (QED) is 0.876. The second kappa shape index (κ2) is 7.94. The molecule has 3 amide bonds. The second-order valence-electron chi connectivity index (χ2n) is 5.82. The van der Waals surface area contributed by atoms with Crippen LogP contribution in [0.3, 0.4) is 0 Å². The van der Waals surface area contributed by atoms with Gasteiger partial charge in [0.25, 0.3) is 0 Å². The van der Waals surface area contributed by atoms with Gasteiger partial charge in [-0.2, -0.15) is 0 Å². The number of benzene rings is 1. The summed E-state index contributed by atoms with van der Waals surface area (Å²) in [5.41, 5.74) is 0.533. The highest BCUT2D eigenvalue weighted by molar-refractivity contribution is 5.96. The topological polar surface area (TPSA) is 52.7 Å². The van der Waals surface area contributed by atoms with E-state index >= 15 is 0 Å². The molecule has 126 valence electrons. The van der Waals surface area contributed by atoms with Crippen molar-refractivity contribution in [2.24, 2.45) is 0 Å². The number of halogens is 1. The number of carbonyl (C=O) groups is 2. The average Bonchev–Trinajstić information content (AvgIpc) is 2.87. The van der Waals surface area contributed by atoms with Crippen molar-refractivity contribution < 1.29 is 14.0 Å². The molecular formula is C17H24FN3O2. The van der Waals surface area contributed by atoms with Crippen LogP contribution in [0, 0.1) is 5.82 Å². The predicted octanol–water partition coefficient (Wildman–Crippen LogP) is 2.76. The lowest BCUT2D eigenvalue weighted by molar-refractivity contribution is -0.117. The largest absolute Gasteiger partial charge is 0.333 e. The number of hydrogen-bond acceptors (Lipinski definition) is 2. The highest BCUT2D eigenvalue weighted by Crippen LogP contribution is 2.22. The summed E-state index contributed by atoms with van der Waals surface area (Å²) in [5, 5.41) is 2.92. The van der Waals surface area contributed by atoms with Crippen LogP contribution in [0.1, 0.15) is 33.1 Å². The summed E-state index contributed by atoms with van der Waals surface area (Å²) in [6.07, 6.45) is 2.03. The van der Waals surface area contributed by atoms with E-state index in [2.05, 4.69) is 5.32 Å². The fourth-order valence-electron chi connectivity index (χ4n) is 2.82. The zero-order valence-corrected chi connectivity index (χ0v) is 13.7. The molecule has 5 nitrogen and oxygen atoms in total. The summed E-state index contributed by atoms with van der Waals surface area (Å²) in [5.74, 6) is -0.474. The van der Waals surface area contributed by atoms with Gasteiger partial charge in [0.1, 0.15) is 5.82 Å². The molecule has 0 unspecified atom stereocenters. The molecule has 1 aliphatic heterocycles. The van der Waals surface area contributed by atoms with Gasteiger partial charge in [-0.05, 0) is 31.0 Å². The number of nitrogens with zero attached hydrogens (tertiary/aromatic N) is 2. The van der Waals surface area contributed by atoms with Crippen LogP contribution in [0.15, 0.2) is 24.3 Å². The Kier molecular flexibility index (Phi) is 5.96. The Morgan fingerprint density at radius 3 is 2.65 bits per heavy atom. The maximum atomic E-state index is 13.3. The van der Waals surface area contributed by atoms with Gasteiger partial charge >= 0.3 is 6.03 Å². The van der Waals surface area contributed by atoms with Crippen molar-refractivity contribution in [3.63, 3.8) is 0 Å². The van der Waals surface area contributed by atoms with Crippen molar-refractivity contribution in [2.75, 3.05) is 24.5 Å². The van der Waals surface area contributed by atoms with Crippen LogP contribution in [-0.4, -0.2) is 42.5 Å². The Morgan fingerprint density at radius 1 is 1.35 bits per heavy atom. The van der Waals surface area contributed by atoms with Gasteiger partial charge in [0.15, 0.2) is 0 Å². The molecule has 0 aromatic heterocycles. The van der Waals surface area contributed by atoms with Gasteiger partial charge in [-0.15, -0.1) is 0 Å². The summed E-state index contributed by atoms with van der Waals surface area (Å²) < 4.78 is 13.3. The lowest BCUT2D eigenvalue weighted by Gasteiger charge is -2.24. The minimum Gasteiger partial charge on any atom is -0.333 e. The van der Waals surface area contributed by atoms with Crippen molar-refractivity contribution in [3.8, 4) is 0 Å². The van der Waals surface area contributed by atoms with E-state index in [1.807, 2.05) is 13.8 Å². The highest BCUT2D eigenvalue weighted by atomic mass is 19.1. The molecule has 0 spiro atoms. The second-order valence-corrected chi connectivity index (χ2v) is 5.82. The van der Waals surface area contributed by atoms with E-state index in [0.717, 1.165) is 12.8 Å². The fraction of sp³-hybridized carbons (Fsp3) is 0.529. The molecule has 6 heteroatoms. The Morgan fingerprint density at radius 2 is 2.04 bits per heavy atom. The summed E-state index contributed by atoms with van der Waals surface area (Å²) in [6, 6.07) is 5.58. The first kappa shape index (κ1) is 17.2. The van der Waals surface area contributed by atoms with Gasteiger partial charge in [-0.25, -0.2) is 9.18 Å². The molecule has 0 bridgehead atoms. The molecule has 2 rings (SSSR count). The van der Waals surface area contributed by atoms with Gasteiger partial charge in [-0.3, -0.25) is 4.79 Å². The van der Waals surface area contributed by atoms with E-state index in [4.69, 9.17) is 0 Å². The fourth-order valence-corrected chi connectivity index (χ4v) is 2.82. The average molecular weight is 321 g/mol. The van der Waals surface area contributed by atoms with Crippen molar-refractivity contribution >= 4 is 17.6 Å². The Balaban J connectivity index is 1.98. The van der Waals surface area contributed by atoms with E-state index in [1.54, 1.807) is 17.0 Å². The zero-order chi connectivity index (χ0) is 16.8. The third kappa shape index (κ3) is 4.43. The molecule has 1 aliphatic rings. The first-order valence-corrected chi connectivity index (χ1v) is 8.16. The summed E-state index contributed by atoms with van der Waals surface area (Å²) in [4.78, 5) is 27.7. The van der Waals surface area contributed by atoms with E-state index in [9.17, 15) is 14.0 Å². The van der Waals surface area contributed by atoms with Gasteiger partial charge in [-0.1, -0.05) is 19.9 Å². The third-order valence-corrected chi connectivity index (χ3v) is 3.85. The lowest BCUT2D eigenvalue weighted by atomic mass is 10.2. The van der Waals surface area contributed by atoms with Crippen LogP contribution >= 0.6 is 0 Å². The van der Waals surface area contributed by atoms with Crippen LogP contribution in [0.2, 0.25) is 0 Å². The number of anilines is 1. The van der Waals surface area contributed by atoms with E-state index < -0.39 is 0 Å². The van der Waals surface area contributed by atoms with Gasteiger partial charge in [0, 0.05) is 31.7 Å². The minimum atomic E-state index is -0.375. The van der Waals surface area contributed by atoms with Crippen LogP contribution < -0.4 is 10.2 Å². The molecule has 23 heavy (non-hydrogen) atoms. The van der Waals surface area contributed by atoms with Gasteiger partial charge in [0.2, 0.25) is 5.91 Å². The van der Waals surface area contributed by atoms with E-state index in [-0.39, 0.29) is 30.2 Å². The van der Waals surface area contributed by atoms with E-state index in [0.29, 0.717) is 25.3 Å². The summed E-state index contributed by atoms with van der Waals surface area (Å²) >= 11 is 0. The number of nitrogens with one attached hydrogen (secondary N) is 1. The van der Waals surface area contributed by atoms with Crippen molar-refractivity contribution in [1.29, 1.82) is 0 Å². The monoisotopic (exact) mass is 321 g/mol. The predicted molar refractivity (Wildman–Crippen MR) is 87.8 cm³/mol. The SMILES string of the molecule is CCCN(CCC)C(=O)N[C@H]1CC(=O)N(c2cccc(F)c2)C1. The van der Waals surface area contributed by atoms with E-state index in [1.165, 1.54) is 17.0 Å².